The number of ether oxygens (including phenoxy) is 1. The molecule has 1 aromatic rings. The van der Waals surface area contributed by atoms with Crippen molar-refractivity contribution in [1.82, 2.24) is 10.2 Å². The summed E-state index contributed by atoms with van der Waals surface area (Å²) in [5, 5.41) is 12.2. The average Bonchev–Trinajstić information content (AvgIpc) is 2.84. The van der Waals surface area contributed by atoms with Gasteiger partial charge in [-0.2, -0.15) is 0 Å². The average molecular weight is 314 g/mol. The van der Waals surface area contributed by atoms with Gasteiger partial charge in [-0.1, -0.05) is 6.07 Å². The highest BCUT2D eigenvalue weighted by molar-refractivity contribution is 5.77. The second-order valence-electron chi connectivity index (χ2n) is 5.48. The largest absolute Gasteiger partial charge is 0.396 e. The molecule has 5 nitrogen and oxygen atoms in total. The number of nitrogens with one attached hydrogen (secondary N) is 1. The Kier molecular flexibility index (Phi) is 5.82. The lowest BCUT2D eigenvalue weighted by atomic mass is 10.1. The number of aliphatic hydroxyl groups excluding tert-OH is 1. The van der Waals surface area contributed by atoms with Crippen LogP contribution in [0.15, 0.2) is 18.2 Å². The molecule has 1 fully saturated rings. The Balaban J connectivity index is 1.97. The van der Waals surface area contributed by atoms with Crippen molar-refractivity contribution in [3.8, 4) is 0 Å². The number of hydrogen-bond acceptors (Lipinski definition) is 4. The molecule has 2 N–H and O–H groups in total. The topological polar surface area (TPSA) is 61.8 Å². The van der Waals surface area contributed by atoms with Crippen molar-refractivity contribution in [3.05, 3.63) is 35.4 Å². The molecule has 0 spiro atoms. The summed E-state index contributed by atoms with van der Waals surface area (Å²) in [5.74, 6) is -1.57. The van der Waals surface area contributed by atoms with Crippen LogP contribution in [0.2, 0.25) is 0 Å². The molecular formula is C15H20F2N2O3. The third-order valence-corrected chi connectivity index (χ3v) is 3.78. The van der Waals surface area contributed by atoms with Crippen molar-refractivity contribution in [3.63, 3.8) is 0 Å². The summed E-state index contributed by atoms with van der Waals surface area (Å²) in [7, 11) is 1.43. The van der Waals surface area contributed by atoms with Crippen molar-refractivity contribution in [2.45, 2.75) is 12.6 Å². The van der Waals surface area contributed by atoms with E-state index in [1.54, 1.807) is 0 Å². The molecule has 0 aromatic heterocycles. The molecule has 1 aliphatic heterocycles. The molecule has 1 saturated heterocycles. The number of likely N-dealkylation sites (tertiary alicyclic amines) is 1. The Morgan fingerprint density at radius 3 is 2.86 bits per heavy atom. The fourth-order valence-electron chi connectivity index (χ4n) is 2.71. The lowest BCUT2D eigenvalue weighted by Gasteiger charge is -2.18. The molecule has 1 amide bonds. The van der Waals surface area contributed by atoms with Crippen LogP contribution in [0.1, 0.15) is 5.56 Å². The summed E-state index contributed by atoms with van der Waals surface area (Å²) < 4.78 is 31.4. The Hall–Kier alpha value is -1.57. The summed E-state index contributed by atoms with van der Waals surface area (Å²) in [5.41, 5.74) is 0.391. The van der Waals surface area contributed by atoms with Crippen LogP contribution in [-0.2, 0) is 16.1 Å². The smallest absolute Gasteiger partial charge is 0.246 e. The van der Waals surface area contributed by atoms with Gasteiger partial charge in [0.25, 0.3) is 0 Å². The summed E-state index contributed by atoms with van der Waals surface area (Å²) in [6, 6.07) is 3.27. The number of halogens is 2. The van der Waals surface area contributed by atoms with E-state index in [1.807, 2.05) is 4.90 Å². The van der Waals surface area contributed by atoms with Gasteiger partial charge in [0.15, 0.2) is 0 Å². The number of aliphatic hydroxyl groups is 1. The van der Waals surface area contributed by atoms with Gasteiger partial charge in [0.05, 0.1) is 0 Å². The van der Waals surface area contributed by atoms with Gasteiger partial charge in [-0.15, -0.1) is 0 Å². The van der Waals surface area contributed by atoms with Crippen molar-refractivity contribution in [1.29, 1.82) is 0 Å². The first kappa shape index (κ1) is 16.8. The van der Waals surface area contributed by atoms with E-state index in [2.05, 4.69) is 5.32 Å². The maximum atomic E-state index is 13.7. The molecular weight excluding hydrogens is 294 g/mol. The van der Waals surface area contributed by atoms with Crippen LogP contribution in [-0.4, -0.2) is 55.4 Å². The molecule has 0 saturated carbocycles. The van der Waals surface area contributed by atoms with Gasteiger partial charge in [0.1, 0.15) is 18.2 Å². The van der Waals surface area contributed by atoms with E-state index in [-0.39, 0.29) is 31.1 Å². The van der Waals surface area contributed by atoms with Crippen molar-refractivity contribution >= 4 is 5.91 Å². The normalized spacial score (nSPS) is 22.0. The summed E-state index contributed by atoms with van der Waals surface area (Å²) >= 11 is 0. The Bertz CT molecular complexity index is 528. The number of amides is 1. The van der Waals surface area contributed by atoms with Gasteiger partial charge in [-0.25, -0.2) is 8.78 Å². The number of carbonyl (C=O) groups excluding carboxylic acids is 1. The quantitative estimate of drug-likeness (QED) is 0.804. The van der Waals surface area contributed by atoms with Crippen LogP contribution < -0.4 is 5.32 Å². The molecule has 2 rings (SSSR count). The zero-order valence-electron chi connectivity index (χ0n) is 12.4. The molecule has 0 unspecified atom stereocenters. The van der Waals surface area contributed by atoms with Crippen LogP contribution in [0.25, 0.3) is 0 Å². The van der Waals surface area contributed by atoms with Crippen LogP contribution in [0.3, 0.4) is 0 Å². The monoisotopic (exact) mass is 314 g/mol. The predicted octanol–water partition coefficient (Wildman–Crippen LogP) is 0.520. The van der Waals surface area contributed by atoms with Gasteiger partial charge >= 0.3 is 0 Å². The fraction of sp³-hybridized carbons (Fsp3) is 0.533. The number of rotatable bonds is 6. The summed E-state index contributed by atoms with van der Waals surface area (Å²) in [6.45, 7) is 1.23. The highest BCUT2D eigenvalue weighted by Gasteiger charge is 2.33. The third kappa shape index (κ3) is 4.22. The van der Waals surface area contributed by atoms with Crippen molar-refractivity contribution < 1.29 is 23.4 Å². The molecule has 122 valence electrons. The zero-order chi connectivity index (χ0) is 16.1. The number of methoxy groups -OCH3 is 1. The molecule has 1 heterocycles. The predicted molar refractivity (Wildman–Crippen MR) is 76.0 cm³/mol. The van der Waals surface area contributed by atoms with Gasteiger partial charge in [-0.05, 0) is 6.07 Å². The third-order valence-electron chi connectivity index (χ3n) is 3.78. The van der Waals surface area contributed by atoms with E-state index in [0.29, 0.717) is 25.2 Å². The first-order valence-corrected chi connectivity index (χ1v) is 7.09. The van der Waals surface area contributed by atoms with Gasteiger partial charge in [-0.3, -0.25) is 9.69 Å². The van der Waals surface area contributed by atoms with E-state index in [0.717, 1.165) is 6.07 Å². The number of benzene rings is 1. The summed E-state index contributed by atoms with van der Waals surface area (Å²) in [6.07, 6.45) is 0. The lowest BCUT2D eigenvalue weighted by molar-refractivity contribution is -0.125. The highest BCUT2D eigenvalue weighted by Crippen LogP contribution is 2.20. The first-order valence-electron chi connectivity index (χ1n) is 7.09. The first-order chi connectivity index (χ1) is 10.5. The molecule has 1 aromatic carbocycles. The van der Waals surface area contributed by atoms with E-state index in [9.17, 15) is 18.7 Å². The standard InChI is InChI=1S/C15H20F2N2O3/c1-22-9-15(21)18-14-7-19(6-11(14)8-20)5-10-2-3-12(16)4-13(10)17/h2-4,11,14,20H,5-9H2,1H3,(H,18,21)/t11-,14+/m0/s1. The Morgan fingerprint density at radius 1 is 1.45 bits per heavy atom. The molecule has 7 heteroatoms. The van der Waals surface area contributed by atoms with Crippen LogP contribution in [0.5, 0.6) is 0 Å². The zero-order valence-corrected chi connectivity index (χ0v) is 12.4. The minimum Gasteiger partial charge on any atom is -0.396 e. The van der Waals surface area contributed by atoms with Crippen molar-refractivity contribution in [2.24, 2.45) is 5.92 Å². The highest BCUT2D eigenvalue weighted by atomic mass is 19.1. The minimum atomic E-state index is -0.611. The summed E-state index contributed by atoms with van der Waals surface area (Å²) in [4.78, 5) is 13.5. The lowest BCUT2D eigenvalue weighted by Crippen LogP contribution is -2.43. The van der Waals surface area contributed by atoms with E-state index in [1.165, 1.54) is 19.2 Å². The van der Waals surface area contributed by atoms with Crippen LogP contribution in [0.4, 0.5) is 8.78 Å². The molecule has 22 heavy (non-hydrogen) atoms. The van der Waals surface area contributed by atoms with E-state index < -0.39 is 11.6 Å². The molecule has 1 aliphatic rings. The number of hydrogen-bond donors (Lipinski definition) is 2. The second-order valence-corrected chi connectivity index (χ2v) is 5.48. The van der Waals surface area contributed by atoms with Gasteiger partial charge in [0, 0.05) is 56.9 Å². The Labute approximate surface area is 127 Å². The van der Waals surface area contributed by atoms with Crippen LogP contribution in [0, 0.1) is 17.6 Å². The van der Waals surface area contributed by atoms with Crippen molar-refractivity contribution in [2.75, 3.05) is 33.4 Å². The van der Waals surface area contributed by atoms with Crippen LogP contribution >= 0.6 is 0 Å². The SMILES string of the molecule is COCC(=O)N[C@@H]1CN(Cc2ccc(F)cc2F)C[C@H]1CO. The molecule has 2 atom stereocenters. The minimum absolute atomic E-state index is 0.0404. The number of nitrogens with zero attached hydrogens (tertiary/aromatic N) is 1. The maximum absolute atomic E-state index is 13.7. The maximum Gasteiger partial charge on any atom is 0.246 e. The fourth-order valence-corrected chi connectivity index (χ4v) is 2.71. The van der Waals surface area contributed by atoms with Gasteiger partial charge < -0.3 is 15.2 Å². The molecule has 0 bridgehead atoms. The van der Waals surface area contributed by atoms with E-state index >= 15 is 0 Å². The number of carbonyl (C=O) groups is 1. The Morgan fingerprint density at radius 2 is 2.23 bits per heavy atom. The van der Waals surface area contributed by atoms with Gasteiger partial charge in [0.2, 0.25) is 5.91 Å². The molecule has 0 aliphatic carbocycles. The van der Waals surface area contributed by atoms with E-state index in [4.69, 9.17) is 4.74 Å². The second kappa shape index (κ2) is 7.62. The molecule has 0 radical (unpaired) electrons.